The van der Waals surface area contributed by atoms with Crippen molar-refractivity contribution >= 4 is 5.91 Å². The Labute approximate surface area is 143 Å². The number of nitrogens with zero attached hydrogens (tertiary/aromatic N) is 4. The van der Waals surface area contributed by atoms with Crippen LogP contribution in [-0.2, 0) is 11.3 Å². The number of rotatable bonds is 4. The Balaban J connectivity index is 1.78. The van der Waals surface area contributed by atoms with Gasteiger partial charge in [0.2, 0.25) is 5.91 Å². The molecule has 0 N–H and O–H groups in total. The molecule has 5 heteroatoms. The molecule has 5 nitrogen and oxygen atoms in total. The maximum atomic E-state index is 12.0. The zero-order valence-electron chi connectivity index (χ0n) is 14.7. The lowest BCUT2D eigenvalue weighted by atomic mass is 10.0. The van der Waals surface area contributed by atoms with E-state index in [9.17, 15) is 4.79 Å². The lowest BCUT2D eigenvalue weighted by molar-refractivity contribution is -0.134. The van der Waals surface area contributed by atoms with E-state index in [2.05, 4.69) is 46.7 Å². The van der Waals surface area contributed by atoms with E-state index in [1.165, 1.54) is 11.3 Å². The molecule has 1 saturated heterocycles. The van der Waals surface area contributed by atoms with Crippen molar-refractivity contribution in [2.24, 2.45) is 0 Å². The van der Waals surface area contributed by atoms with E-state index in [4.69, 9.17) is 0 Å². The minimum atomic E-state index is 0.118. The molecule has 128 valence electrons. The monoisotopic (exact) mass is 326 g/mol. The van der Waals surface area contributed by atoms with Crippen molar-refractivity contribution in [1.82, 2.24) is 19.6 Å². The minimum absolute atomic E-state index is 0.118. The number of aromatic nitrogens is 2. The number of carbonyl (C=O) groups excluding carboxylic acids is 1. The van der Waals surface area contributed by atoms with Gasteiger partial charge in [-0.15, -0.1) is 0 Å². The van der Waals surface area contributed by atoms with Gasteiger partial charge >= 0.3 is 0 Å². The van der Waals surface area contributed by atoms with E-state index < -0.39 is 0 Å². The van der Waals surface area contributed by atoms with Gasteiger partial charge in [-0.1, -0.05) is 30.3 Å². The van der Waals surface area contributed by atoms with Crippen molar-refractivity contribution in [3.05, 3.63) is 53.9 Å². The van der Waals surface area contributed by atoms with Crippen molar-refractivity contribution < 1.29 is 4.79 Å². The summed E-state index contributed by atoms with van der Waals surface area (Å²) in [6.45, 7) is 9.35. The second kappa shape index (κ2) is 7.18. The molecule has 3 rings (SSSR count). The first kappa shape index (κ1) is 16.7. The summed E-state index contributed by atoms with van der Waals surface area (Å²) in [5.41, 5.74) is 2.43. The molecule has 0 spiro atoms. The fourth-order valence-electron chi connectivity index (χ4n) is 3.48. The Morgan fingerprint density at radius 3 is 2.62 bits per heavy atom. The highest BCUT2D eigenvalue weighted by molar-refractivity contribution is 5.74. The van der Waals surface area contributed by atoms with Crippen molar-refractivity contribution in [2.45, 2.75) is 39.4 Å². The summed E-state index contributed by atoms with van der Waals surface area (Å²) < 4.78 is 2.08. The normalized spacial score (nSPS) is 19.0. The minimum Gasteiger partial charge on any atom is -0.333 e. The summed E-state index contributed by atoms with van der Waals surface area (Å²) in [6.07, 6.45) is 1.87. The SMILES string of the molecule is CC(=O)N1CCN(Cc2ccnn2C(C)C)CC1c1ccccc1. The van der Waals surface area contributed by atoms with Gasteiger partial charge < -0.3 is 4.90 Å². The molecule has 1 amide bonds. The van der Waals surface area contributed by atoms with Gasteiger partial charge in [-0.3, -0.25) is 14.4 Å². The molecule has 2 heterocycles. The molecule has 2 aromatic rings. The molecule has 0 bridgehead atoms. The van der Waals surface area contributed by atoms with Crippen LogP contribution < -0.4 is 0 Å². The molecule has 1 aromatic carbocycles. The van der Waals surface area contributed by atoms with Crippen LogP contribution in [0.25, 0.3) is 0 Å². The van der Waals surface area contributed by atoms with Crippen molar-refractivity contribution in [1.29, 1.82) is 0 Å². The third kappa shape index (κ3) is 3.51. The summed E-state index contributed by atoms with van der Waals surface area (Å²) in [7, 11) is 0. The number of amides is 1. The smallest absolute Gasteiger partial charge is 0.220 e. The van der Waals surface area contributed by atoms with E-state index in [0.29, 0.717) is 6.04 Å². The molecule has 1 atom stereocenters. The van der Waals surface area contributed by atoms with Crippen LogP contribution in [0.3, 0.4) is 0 Å². The third-order valence-electron chi connectivity index (χ3n) is 4.68. The van der Waals surface area contributed by atoms with E-state index in [1.807, 2.05) is 29.3 Å². The first-order valence-electron chi connectivity index (χ1n) is 8.63. The molecule has 0 radical (unpaired) electrons. The number of benzene rings is 1. The zero-order chi connectivity index (χ0) is 17.1. The van der Waals surface area contributed by atoms with Crippen LogP contribution >= 0.6 is 0 Å². The van der Waals surface area contributed by atoms with E-state index in [-0.39, 0.29) is 11.9 Å². The van der Waals surface area contributed by atoms with Crippen LogP contribution in [0.1, 0.15) is 44.1 Å². The first-order chi connectivity index (χ1) is 11.6. The maximum absolute atomic E-state index is 12.0. The second-order valence-electron chi connectivity index (χ2n) is 6.73. The average molecular weight is 326 g/mol. The Bertz CT molecular complexity index is 680. The highest BCUT2D eigenvalue weighted by Crippen LogP contribution is 2.26. The topological polar surface area (TPSA) is 41.4 Å². The molecule has 1 unspecified atom stereocenters. The van der Waals surface area contributed by atoms with Crippen molar-refractivity contribution in [3.63, 3.8) is 0 Å². The Morgan fingerprint density at radius 1 is 1.21 bits per heavy atom. The predicted octanol–water partition coefficient (Wildman–Crippen LogP) is 2.87. The summed E-state index contributed by atoms with van der Waals surface area (Å²) in [6, 6.07) is 12.9. The fraction of sp³-hybridized carbons (Fsp3) is 0.474. The number of hydrogen-bond donors (Lipinski definition) is 0. The predicted molar refractivity (Wildman–Crippen MR) is 94.5 cm³/mol. The number of carbonyl (C=O) groups is 1. The molecule has 1 aliphatic heterocycles. The van der Waals surface area contributed by atoms with Crippen molar-refractivity contribution in [3.8, 4) is 0 Å². The van der Waals surface area contributed by atoms with Crippen LogP contribution in [0.4, 0.5) is 0 Å². The van der Waals surface area contributed by atoms with E-state index in [1.54, 1.807) is 6.92 Å². The van der Waals surface area contributed by atoms with Gasteiger partial charge in [0.25, 0.3) is 0 Å². The van der Waals surface area contributed by atoms with Gasteiger partial charge in [0.15, 0.2) is 0 Å². The largest absolute Gasteiger partial charge is 0.333 e. The molecule has 0 aliphatic carbocycles. The average Bonchev–Trinajstić information content (AvgIpc) is 3.04. The van der Waals surface area contributed by atoms with Gasteiger partial charge in [-0.2, -0.15) is 5.10 Å². The second-order valence-corrected chi connectivity index (χ2v) is 6.73. The quantitative estimate of drug-likeness (QED) is 0.867. The Hall–Kier alpha value is -2.14. The zero-order valence-corrected chi connectivity index (χ0v) is 14.7. The van der Waals surface area contributed by atoms with Gasteiger partial charge in [-0.05, 0) is 25.5 Å². The maximum Gasteiger partial charge on any atom is 0.220 e. The van der Waals surface area contributed by atoms with Crippen LogP contribution in [0.5, 0.6) is 0 Å². The third-order valence-corrected chi connectivity index (χ3v) is 4.68. The van der Waals surface area contributed by atoms with Crippen molar-refractivity contribution in [2.75, 3.05) is 19.6 Å². The highest BCUT2D eigenvalue weighted by atomic mass is 16.2. The lowest BCUT2D eigenvalue weighted by Crippen LogP contribution is -2.49. The molecule has 0 saturated carbocycles. The first-order valence-corrected chi connectivity index (χ1v) is 8.63. The molecule has 24 heavy (non-hydrogen) atoms. The van der Waals surface area contributed by atoms with Gasteiger partial charge in [0.05, 0.1) is 11.7 Å². The summed E-state index contributed by atoms with van der Waals surface area (Å²) in [5.74, 6) is 0.149. The molecule has 1 fully saturated rings. The fourth-order valence-corrected chi connectivity index (χ4v) is 3.48. The van der Waals surface area contributed by atoms with Crippen LogP contribution in [-0.4, -0.2) is 45.1 Å². The molecular formula is C19H26N4O. The summed E-state index contributed by atoms with van der Waals surface area (Å²) in [5, 5.41) is 4.43. The van der Waals surface area contributed by atoms with Gasteiger partial charge in [0.1, 0.15) is 0 Å². The van der Waals surface area contributed by atoms with Crippen LogP contribution in [0, 0.1) is 0 Å². The Morgan fingerprint density at radius 2 is 1.96 bits per heavy atom. The summed E-state index contributed by atoms with van der Waals surface area (Å²) >= 11 is 0. The number of hydrogen-bond acceptors (Lipinski definition) is 3. The van der Waals surface area contributed by atoms with Gasteiger partial charge in [-0.25, -0.2) is 0 Å². The van der Waals surface area contributed by atoms with Crippen LogP contribution in [0.2, 0.25) is 0 Å². The lowest BCUT2D eigenvalue weighted by Gasteiger charge is -2.41. The van der Waals surface area contributed by atoms with E-state index >= 15 is 0 Å². The molecular weight excluding hydrogens is 300 g/mol. The number of piperazine rings is 1. The molecule has 1 aromatic heterocycles. The Kier molecular flexibility index (Phi) is 5.00. The molecule has 1 aliphatic rings. The van der Waals surface area contributed by atoms with E-state index in [0.717, 1.165) is 26.2 Å². The highest BCUT2D eigenvalue weighted by Gasteiger charge is 2.30. The summed E-state index contributed by atoms with van der Waals surface area (Å²) in [4.78, 5) is 16.5. The van der Waals surface area contributed by atoms with Gasteiger partial charge in [0, 0.05) is 45.3 Å². The standard InChI is InChI=1S/C19H26N4O/c1-15(2)23-18(9-10-20-23)13-21-11-12-22(16(3)24)19(14-21)17-7-5-4-6-8-17/h4-10,15,19H,11-14H2,1-3H3. The van der Waals surface area contributed by atoms with Crippen LogP contribution in [0.15, 0.2) is 42.6 Å².